The summed E-state index contributed by atoms with van der Waals surface area (Å²) in [5.74, 6) is 0.782. The SMILES string of the molecule is CCNCc1cncn1C(C)CC(C)CC. The number of rotatable bonds is 7. The van der Waals surface area contributed by atoms with Gasteiger partial charge in [-0.25, -0.2) is 4.98 Å². The van der Waals surface area contributed by atoms with Gasteiger partial charge in [-0.1, -0.05) is 27.2 Å². The highest BCUT2D eigenvalue weighted by atomic mass is 15.1. The van der Waals surface area contributed by atoms with Gasteiger partial charge in [-0.2, -0.15) is 0 Å². The predicted octanol–water partition coefficient (Wildman–Crippen LogP) is 2.99. The summed E-state index contributed by atoms with van der Waals surface area (Å²) in [7, 11) is 0. The largest absolute Gasteiger partial charge is 0.331 e. The molecule has 1 aromatic rings. The van der Waals surface area contributed by atoms with Crippen LogP contribution in [0, 0.1) is 5.92 Å². The molecule has 1 N–H and O–H groups in total. The minimum Gasteiger partial charge on any atom is -0.331 e. The molecule has 0 bridgehead atoms. The molecule has 3 heteroatoms. The van der Waals surface area contributed by atoms with Gasteiger partial charge in [0.1, 0.15) is 0 Å². The van der Waals surface area contributed by atoms with Crippen LogP contribution in [0.5, 0.6) is 0 Å². The zero-order valence-corrected chi connectivity index (χ0v) is 11.0. The van der Waals surface area contributed by atoms with Crippen LogP contribution in [-0.2, 0) is 6.54 Å². The summed E-state index contributed by atoms with van der Waals surface area (Å²) in [6.07, 6.45) is 6.41. The molecule has 16 heavy (non-hydrogen) atoms. The van der Waals surface area contributed by atoms with Gasteiger partial charge in [0.05, 0.1) is 12.0 Å². The molecule has 0 saturated heterocycles. The number of hydrogen-bond acceptors (Lipinski definition) is 2. The maximum absolute atomic E-state index is 4.25. The lowest BCUT2D eigenvalue weighted by Gasteiger charge is -2.19. The first-order valence-corrected chi connectivity index (χ1v) is 6.40. The van der Waals surface area contributed by atoms with Crippen LogP contribution < -0.4 is 5.32 Å². The first-order valence-electron chi connectivity index (χ1n) is 6.40. The monoisotopic (exact) mass is 223 g/mol. The summed E-state index contributed by atoms with van der Waals surface area (Å²) in [5, 5.41) is 3.35. The maximum Gasteiger partial charge on any atom is 0.0951 e. The summed E-state index contributed by atoms with van der Waals surface area (Å²) in [6, 6.07) is 0.547. The quantitative estimate of drug-likeness (QED) is 0.770. The maximum atomic E-state index is 4.25. The van der Waals surface area contributed by atoms with Crippen molar-refractivity contribution in [2.45, 2.75) is 53.1 Å². The Bertz CT molecular complexity index is 293. The minimum atomic E-state index is 0.547. The van der Waals surface area contributed by atoms with E-state index in [1.807, 2.05) is 12.5 Å². The number of nitrogens with zero attached hydrogens (tertiary/aromatic N) is 2. The molecule has 0 aromatic carbocycles. The average Bonchev–Trinajstić information content (AvgIpc) is 2.74. The van der Waals surface area contributed by atoms with Crippen molar-refractivity contribution >= 4 is 0 Å². The fourth-order valence-corrected chi connectivity index (χ4v) is 1.98. The van der Waals surface area contributed by atoms with E-state index in [0.29, 0.717) is 6.04 Å². The molecular weight excluding hydrogens is 198 g/mol. The average molecular weight is 223 g/mol. The Balaban J connectivity index is 2.60. The van der Waals surface area contributed by atoms with Gasteiger partial charge in [0, 0.05) is 18.8 Å². The van der Waals surface area contributed by atoms with Crippen molar-refractivity contribution < 1.29 is 0 Å². The molecule has 0 aliphatic rings. The minimum absolute atomic E-state index is 0.547. The number of hydrogen-bond donors (Lipinski definition) is 1. The van der Waals surface area contributed by atoms with Crippen LogP contribution in [0.3, 0.4) is 0 Å². The fourth-order valence-electron chi connectivity index (χ4n) is 1.98. The van der Waals surface area contributed by atoms with Gasteiger partial charge in [-0.05, 0) is 25.8 Å². The molecule has 3 nitrogen and oxygen atoms in total. The Hall–Kier alpha value is -0.830. The lowest BCUT2D eigenvalue weighted by Crippen LogP contribution is -2.17. The van der Waals surface area contributed by atoms with E-state index in [0.717, 1.165) is 19.0 Å². The van der Waals surface area contributed by atoms with Crippen molar-refractivity contribution in [3.05, 3.63) is 18.2 Å². The Labute approximate surface area is 99.3 Å². The zero-order valence-electron chi connectivity index (χ0n) is 11.0. The van der Waals surface area contributed by atoms with Gasteiger partial charge < -0.3 is 9.88 Å². The Morgan fingerprint density at radius 1 is 1.38 bits per heavy atom. The predicted molar refractivity (Wildman–Crippen MR) is 68.4 cm³/mol. The van der Waals surface area contributed by atoms with Gasteiger partial charge >= 0.3 is 0 Å². The molecule has 0 fully saturated rings. The molecule has 0 aliphatic carbocycles. The van der Waals surface area contributed by atoms with Crippen LogP contribution in [0.2, 0.25) is 0 Å². The van der Waals surface area contributed by atoms with Crippen LogP contribution >= 0.6 is 0 Å². The Kier molecular flexibility index (Phi) is 5.53. The van der Waals surface area contributed by atoms with E-state index < -0.39 is 0 Å². The molecule has 0 radical (unpaired) electrons. The molecule has 0 aliphatic heterocycles. The van der Waals surface area contributed by atoms with Crippen LogP contribution in [0.1, 0.15) is 52.3 Å². The third-order valence-corrected chi connectivity index (χ3v) is 3.22. The van der Waals surface area contributed by atoms with Gasteiger partial charge in [0.2, 0.25) is 0 Å². The van der Waals surface area contributed by atoms with Gasteiger partial charge in [0.25, 0.3) is 0 Å². The highest BCUT2D eigenvalue weighted by Gasteiger charge is 2.11. The Morgan fingerprint density at radius 3 is 2.75 bits per heavy atom. The molecule has 92 valence electrons. The van der Waals surface area contributed by atoms with E-state index >= 15 is 0 Å². The van der Waals surface area contributed by atoms with Crippen molar-refractivity contribution in [2.24, 2.45) is 5.92 Å². The second-order valence-electron chi connectivity index (χ2n) is 4.67. The first kappa shape index (κ1) is 13.2. The highest BCUT2D eigenvalue weighted by Crippen LogP contribution is 2.20. The summed E-state index contributed by atoms with van der Waals surface area (Å²) in [6.45, 7) is 10.9. The summed E-state index contributed by atoms with van der Waals surface area (Å²) < 4.78 is 2.30. The van der Waals surface area contributed by atoms with Crippen LogP contribution in [0.25, 0.3) is 0 Å². The third-order valence-electron chi connectivity index (χ3n) is 3.22. The molecule has 0 spiro atoms. The van der Waals surface area contributed by atoms with E-state index in [9.17, 15) is 0 Å². The van der Waals surface area contributed by atoms with E-state index in [1.165, 1.54) is 18.5 Å². The normalized spacial score (nSPS) is 15.0. The van der Waals surface area contributed by atoms with Crippen molar-refractivity contribution in [3.8, 4) is 0 Å². The highest BCUT2D eigenvalue weighted by molar-refractivity contribution is 4.99. The second-order valence-corrected chi connectivity index (χ2v) is 4.67. The van der Waals surface area contributed by atoms with Gasteiger partial charge in [-0.3, -0.25) is 0 Å². The van der Waals surface area contributed by atoms with Crippen molar-refractivity contribution in [2.75, 3.05) is 6.54 Å². The number of aromatic nitrogens is 2. The molecule has 1 rings (SSSR count). The second kappa shape index (κ2) is 6.69. The molecule has 2 unspecified atom stereocenters. The van der Waals surface area contributed by atoms with Crippen LogP contribution in [0.15, 0.2) is 12.5 Å². The summed E-state index contributed by atoms with van der Waals surface area (Å²) in [4.78, 5) is 4.25. The van der Waals surface area contributed by atoms with Gasteiger partial charge in [0.15, 0.2) is 0 Å². The fraction of sp³-hybridized carbons (Fsp3) is 0.769. The van der Waals surface area contributed by atoms with Crippen molar-refractivity contribution in [1.29, 1.82) is 0 Å². The van der Waals surface area contributed by atoms with E-state index in [4.69, 9.17) is 0 Å². The van der Waals surface area contributed by atoms with Crippen LogP contribution in [-0.4, -0.2) is 16.1 Å². The lowest BCUT2D eigenvalue weighted by molar-refractivity contribution is 0.389. The Morgan fingerprint density at radius 2 is 2.12 bits per heavy atom. The standard InChI is InChI=1S/C13H25N3/c1-5-11(3)7-12(4)16-10-15-9-13(16)8-14-6-2/h9-12,14H,5-8H2,1-4H3. The first-order chi connectivity index (χ1) is 7.69. The smallest absolute Gasteiger partial charge is 0.0951 e. The van der Waals surface area contributed by atoms with E-state index in [-0.39, 0.29) is 0 Å². The van der Waals surface area contributed by atoms with Crippen molar-refractivity contribution in [1.82, 2.24) is 14.9 Å². The van der Waals surface area contributed by atoms with Gasteiger partial charge in [-0.15, -0.1) is 0 Å². The molecule has 0 amide bonds. The molecule has 1 aromatic heterocycles. The topological polar surface area (TPSA) is 29.9 Å². The molecule has 1 heterocycles. The lowest BCUT2D eigenvalue weighted by atomic mass is 10.0. The summed E-state index contributed by atoms with van der Waals surface area (Å²) in [5.41, 5.74) is 1.29. The van der Waals surface area contributed by atoms with Crippen LogP contribution in [0.4, 0.5) is 0 Å². The number of nitrogens with one attached hydrogen (secondary N) is 1. The zero-order chi connectivity index (χ0) is 12.0. The molecular formula is C13H25N3. The summed E-state index contributed by atoms with van der Waals surface area (Å²) >= 11 is 0. The van der Waals surface area contributed by atoms with E-state index in [1.54, 1.807) is 0 Å². The van der Waals surface area contributed by atoms with Crippen molar-refractivity contribution in [3.63, 3.8) is 0 Å². The third kappa shape index (κ3) is 3.63. The molecule has 0 saturated carbocycles. The van der Waals surface area contributed by atoms with E-state index in [2.05, 4.69) is 42.6 Å². The molecule has 2 atom stereocenters. The number of imidazole rings is 1.